The molecule has 0 bridgehead atoms. The molecule has 1 heterocycles. The van der Waals surface area contributed by atoms with E-state index in [9.17, 15) is 19.4 Å². The van der Waals surface area contributed by atoms with E-state index in [1.54, 1.807) is 19.2 Å². The van der Waals surface area contributed by atoms with Gasteiger partial charge in [-0.05, 0) is 69.7 Å². The maximum atomic E-state index is 14.0. The molecule has 2 fully saturated rings. The Balaban J connectivity index is 1.68. The third-order valence-corrected chi connectivity index (χ3v) is 8.47. The van der Waals surface area contributed by atoms with Crippen LogP contribution in [0.5, 0.6) is 11.5 Å². The monoisotopic (exact) mass is 528 g/mol. The third-order valence-electron chi connectivity index (χ3n) is 8.47. The topological polar surface area (TPSA) is 105 Å². The van der Waals surface area contributed by atoms with Gasteiger partial charge in [-0.3, -0.25) is 4.90 Å². The van der Waals surface area contributed by atoms with Crippen LogP contribution in [0.1, 0.15) is 56.1 Å². The van der Waals surface area contributed by atoms with Gasteiger partial charge in [0.1, 0.15) is 23.6 Å². The van der Waals surface area contributed by atoms with Gasteiger partial charge in [0.2, 0.25) is 0 Å². The number of piperidine rings is 1. The Labute approximate surface area is 224 Å². The summed E-state index contributed by atoms with van der Waals surface area (Å²) in [6.07, 6.45) is 4.49. The van der Waals surface area contributed by atoms with Gasteiger partial charge < -0.3 is 30.2 Å². The van der Waals surface area contributed by atoms with Crippen LogP contribution in [-0.4, -0.2) is 65.9 Å². The Morgan fingerprint density at radius 3 is 2.71 bits per heavy atom. The number of aliphatic hydroxyl groups excluding tert-OH is 1. The predicted octanol–water partition coefficient (Wildman–Crippen LogP) is 4.06. The maximum Gasteiger partial charge on any atom is 0.140 e. The van der Waals surface area contributed by atoms with Gasteiger partial charge in [0.25, 0.3) is 0 Å². The molecule has 2 aliphatic rings. The van der Waals surface area contributed by atoms with Crippen LogP contribution in [0.2, 0.25) is 0 Å². The highest BCUT2D eigenvalue weighted by Crippen LogP contribution is 2.46. The molecule has 0 unspecified atom stereocenters. The van der Waals surface area contributed by atoms with Gasteiger partial charge in [-0.2, -0.15) is 0 Å². The van der Waals surface area contributed by atoms with E-state index in [0.717, 1.165) is 37.5 Å². The van der Waals surface area contributed by atoms with E-state index in [0.29, 0.717) is 56.0 Å². The van der Waals surface area contributed by atoms with Crippen LogP contribution in [0.3, 0.4) is 0 Å². The van der Waals surface area contributed by atoms with Crippen molar-refractivity contribution in [3.63, 3.8) is 0 Å². The Bertz CT molecular complexity index is 1090. The van der Waals surface area contributed by atoms with Gasteiger partial charge in [0, 0.05) is 50.3 Å². The molecule has 0 aromatic heterocycles. The van der Waals surface area contributed by atoms with Crippen LogP contribution < -0.4 is 10.5 Å². The van der Waals surface area contributed by atoms with Crippen molar-refractivity contribution in [2.75, 3.05) is 26.8 Å². The van der Waals surface area contributed by atoms with E-state index >= 15 is 0 Å². The number of ether oxygens (including phenoxy) is 2. The molecule has 2 aromatic rings. The summed E-state index contributed by atoms with van der Waals surface area (Å²) < 4.78 is 25.5. The van der Waals surface area contributed by atoms with Crippen molar-refractivity contribution in [2.45, 2.75) is 75.2 Å². The summed E-state index contributed by atoms with van der Waals surface area (Å²) in [6.45, 7) is 3.64. The van der Waals surface area contributed by atoms with E-state index in [2.05, 4.69) is 4.90 Å². The minimum absolute atomic E-state index is 0.192. The second-order valence-corrected chi connectivity index (χ2v) is 11.0. The number of hydrogen-bond donors (Lipinski definition) is 3. The number of para-hydroxylation sites is 1. The number of benzene rings is 2. The van der Waals surface area contributed by atoms with Crippen LogP contribution in [-0.2, 0) is 15.1 Å². The molecule has 0 radical (unpaired) electrons. The fourth-order valence-electron chi connectivity index (χ4n) is 6.26. The Hall–Kier alpha value is -2.36. The Morgan fingerprint density at radius 2 is 2.00 bits per heavy atom. The average Bonchev–Trinajstić information content (AvgIpc) is 3.23. The summed E-state index contributed by atoms with van der Waals surface area (Å²) in [7, 11) is 1.66. The number of carbonyl (C=O) groups excluding carboxylic acids is 1. The first kappa shape index (κ1) is 28.6. The summed E-state index contributed by atoms with van der Waals surface area (Å²) in [5.41, 5.74) is 5.47. The lowest BCUT2D eigenvalue weighted by Crippen LogP contribution is -2.56. The summed E-state index contributed by atoms with van der Waals surface area (Å²) in [5, 5.41) is 22.9. The Kier molecular flexibility index (Phi) is 9.21. The fourth-order valence-corrected chi connectivity index (χ4v) is 6.26. The zero-order valence-corrected chi connectivity index (χ0v) is 22.4. The second-order valence-electron chi connectivity index (χ2n) is 11.0. The lowest BCUT2D eigenvalue weighted by Gasteiger charge is -2.47. The number of aldehydes is 1. The van der Waals surface area contributed by atoms with Gasteiger partial charge in [-0.1, -0.05) is 24.3 Å². The number of unbranched alkanes of at least 4 members (excludes halogenated alkanes) is 1. The molecule has 8 heteroatoms. The van der Waals surface area contributed by atoms with E-state index in [4.69, 9.17) is 15.2 Å². The molecule has 1 aliphatic carbocycles. The first-order valence-electron chi connectivity index (χ1n) is 13.6. The fraction of sp³-hybridized carbons (Fsp3) is 0.567. The normalized spacial score (nSPS) is 27.7. The van der Waals surface area contributed by atoms with Gasteiger partial charge in [-0.15, -0.1) is 0 Å². The average molecular weight is 529 g/mol. The number of hydrogen-bond acceptors (Lipinski definition) is 7. The lowest BCUT2D eigenvalue weighted by atomic mass is 9.73. The van der Waals surface area contributed by atoms with Crippen LogP contribution in [0, 0.1) is 18.7 Å². The first-order valence-corrected chi connectivity index (χ1v) is 13.6. The smallest absolute Gasteiger partial charge is 0.140 e. The lowest BCUT2D eigenvalue weighted by molar-refractivity contribution is -0.125. The van der Waals surface area contributed by atoms with Gasteiger partial charge in [-0.25, -0.2) is 4.39 Å². The van der Waals surface area contributed by atoms with E-state index in [-0.39, 0.29) is 5.92 Å². The van der Waals surface area contributed by atoms with E-state index < -0.39 is 29.1 Å². The number of aryl methyl sites for hydroxylation is 1. The number of likely N-dealkylation sites (tertiary alicyclic amines) is 1. The molecule has 4 rings (SSSR count). The highest BCUT2D eigenvalue weighted by atomic mass is 19.1. The summed E-state index contributed by atoms with van der Waals surface area (Å²) in [5.74, 6) is 0.300. The van der Waals surface area contributed by atoms with Crippen LogP contribution >= 0.6 is 0 Å². The number of nitrogens with two attached hydrogens (primary N) is 1. The van der Waals surface area contributed by atoms with Gasteiger partial charge in [0.15, 0.2) is 0 Å². The molecule has 7 nitrogen and oxygen atoms in total. The zero-order chi connectivity index (χ0) is 27.3. The predicted molar refractivity (Wildman–Crippen MR) is 144 cm³/mol. The van der Waals surface area contributed by atoms with Gasteiger partial charge in [0.05, 0.1) is 17.2 Å². The van der Waals surface area contributed by atoms with Crippen LogP contribution in [0.4, 0.5) is 4.39 Å². The molecular weight excluding hydrogens is 487 g/mol. The van der Waals surface area contributed by atoms with E-state index in [1.165, 1.54) is 12.1 Å². The largest absolute Gasteiger partial charge is 0.457 e. The number of halogens is 1. The standard InChI is InChI=1S/C30H41FN2O5/c1-21-11-12-23(31)16-28(21)38-27-10-4-3-9-24(27)30(36,13-5-6-15-37-2)22-8-7-14-33(19-22)29(20-34)17-25(32)26(35)18-29/h3-4,9-12,16,20,22,25-26,35-36H,5-8,13-15,17-19,32H2,1-2H3/t22-,25-,26+,29+,30+/m1/s1. The SMILES string of the molecule is COCCCC[C@@](O)(c1ccccc1Oc1cc(F)ccc1C)[C@@H]1CCCN([C@@]2(C=O)C[C@@H](N)[C@@H](O)C2)C1. The minimum Gasteiger partial charge on any atom is -0.457 e. The van der Waals surface area contributed by atoms with Crippen LogP contribution in [0.15, 0.2) is 42.5 Å². The number of aliphatic hydroxyl groups is 2. The molecule has 208 valence electrons. The number of methoxy groups -OCH3 is 1. The highest BCUT2D eigenvalue weighted by molar-refractivity contribution is 5.65. The quantitative estimate of drug-likeness (QED) is 0.298. The summed E-state index contributed by atoms with van der Waals surface area (Å²) in [6, 6.07) is 11.4. The molecule has 0 amide bonds. The van der Waals surface area contributed by atoms with Crippen LogP contribution in [0.25, 0.3) is 0 Å². The molecule has 1 saturated heterocycles. The minimum atomic E-state index is -1.26. The van der Waals surface area contributed by atoms with E-state index in [1.807, 2.05) is 25.1 Å². The van der Waals surface area contributed by atoms with Crippen molar-refractivity contribution in [3.8, 4) is 11.5 Å². The van der Waals surface area contributed by atoms with Crippen molar-refractivity contribution in [2.24, 2.45) is 11.7 Å². The van der Waals surface area contributed by atoms with Crippen molar-refractivity contribution in [1.29, 1.82) is 0 Å². The molecule has 1 aliphatic heterocycles. The summed E-state index contributed by atoms with van der Waals surface area (Å²) in [4.78, 5) is 14.5. The molecule has 5 atom stereocenters. The van der Waals surface area contributed by atoms with Crippen molar-refractivity contribution in [1.82, 2.24) is 4.90 Å². The summed E-state index contributed by atoms with van der Waals surface area (Å²) >= 11 is 0. The second kappa shape index (κ2) is 12.2. The molecule has 1 saturated carbocycles. The zero-order valence-electron chi connectivity index (χ0n) is 22.4. The maximum absolute atomic E-state index is 14.0. The molecule has 4 N–H and O–H groups in total. The van der Waals surface area contributed by atoms with Crippen molar-refractivity contribution < 1.29 is 28.9 Å². The first-order chi connectivity index (χ1) is 18.2. The van der Waals surface area contributed by atoms with Crippen molar-refractivity contribution in [3.05, 3.63) is 59.4 Å². The van der Waals surface area contributed by atoms with Gasteiger partial charge >= 0.3 is 0 Å². The van der Waals surface area contributed by atoms with Crippen molar-refractivity contribution >= 4 is 6.29 Å². The molecule has 0 spiro atoms. The molecular formula is C30H41FN2O5. The number of nitrogens with zero attached hydrogens (tertiary/aromatic N) is 1. The molecule has 38 heavy (non-hydrogen) atoms. The Morgan fingerprint density at radius 1 is 1.21 bits per heavy atom. The number of carbonyl (C=O) groups is 1. The highest BCUT2D eigenvalue weighted by Gasteiger charge is 2.51. The molecule has 2 aromatic carbocycles. The number of rotatable bonds is 11. The third kappa shape index (κ3) is 5.95.